The van der Waals surface area contributed by atoms with Gasteiger partial charge in [0.05, 0.1) is 19.6 Å². The number of terminal acetylenes is 1. The quantitative estimate of drug-likeness (QED) is 0.865. The summed E-state index contributed by atoms with van der Waals surface area (Å²) in [6.07, 6.45) is 5.14. The van der Waals surface area contributed by atoms with Crippen molar-refractivity contribution in [3.8, 4) is 18.1 Å². The number of amides is 1. The lowest BCUT2D eigenvalue weighted by Crippen LogP contribution is -2.28. The molecule has 0 aliphatic carbocycles. The predicted molar refractivity (Wildman–Crippen MR) is 80.8 cm³/mol. The van der Waals surface area contributed by atoms with E-state index in [-0.39, 0.29) is 18.4 Å². The van der Waals surface area contributed by atoms with Crippen LogP contribution in [0.4, 0.5) is 0 Å². The lowest BCUT2D eigenvalue weighted by atomic mass is 9.97. The van der Waals surface area contributed by atoms with Crippen molar-refractivity contribution in [1.29, 1.82) is 0 Å². The minimum atomic E-state index is -0.227. The molecule has 0 unspecified atom stereocenters. The number of carbonyl (C=O) groups excluding carboxylic acids is 1. The molecule has 2 aromatic carbocycles. The van der Waals surface area contributed by atoms with E-state index in [0.717, 1.165) is 22.1 Å². The molecule has 0 spiro atoms. The summed E-state index contributed by atoms with van der Waals surface area (Å²) in [6, 6.07) is 11.9. The summed E-state index contributed by atoms with van der Waals surface area (Å²) in [4.78, 5) is 11.9. The number of rotatable bonds is 4. The maximum atomic E-state index is 11.9. The van der Waals surface area contributed by atoms with Gasteiger partial charge in [-0.05, 0) is 35.4 Å². The van der Waals surface area contributed by atoms with Crippen molar-refractivity contribution in [2.24, 2.45) is 0 Å². The van der Waals surface area contributed by atoms with Crippen molar-refractivity contribution in [2.75, 3.05) is 13.7 Å². The van der Waals surface area contributed by atoms with Gasteiger partial charge in [-0.15, -0.1) is 6.42 Å². The molecule has 2 aromatic rings. The lowest BCUT2D eigenvalue weighted by Gasteiger charge is -2.12. The molecule has 0 aromatic heterocycles. The van der Waals surface area contributed by atoms with Gasteiger partial charge in [0.1, 0.15) is 5.75 Å². The Kier molecular flexibility index (Phi) is 4.27. The molecule has 102 valence electrons. The van der Waals surface area contributed by atoms with Crippen LogP contribution < -0.4 is 10.1 Å². The van der Waals surface area contributed by atoms with E-state index < -0.39 is 0 Å². The van der Waals surface area contributed by atoms with Crippen LogP contribution in [0.15, 0.2) is 36.4 Å². The Balaban J connectivity index is 2.27. The molecule has 0 radical (unpaired) electrons. The Hall–Kier alpha value is -2.47. The SMILES string of the molecule is C#CCNC(=O)[C@H](C)c1ccc2cc(OC)ccc2c1. The second-order valence-electron chi connectivity index (χ2n) is 4.62. The molecule has 0 fully saturated rings. The van der Waals surface area contributed by atoms with E-state index in [1.54, 1.807) is 7.11 Å². The van der Waals surface area contributed by atoms with Gasteiger partial charge in [0, 0.05) is 0 Å². The van der Waals surface area contributed by atoms with Crippen LogP contribution in [0.25, 0.3) is 10.8 Å². The number of nitrogens with one attached hydrogen (secondary N) is 1. The van der Waals surface area contributed by atoms with E-state index in [4.69, 9.17) is 11.2 Å². The van der Waals surface area contributed by atoms with Gasteiger partial charge in [-0.25, -0.2) is 0 Å². The molecular formula is C17H17NO2. The summed E-state index contributed by atoms with van der Waals surface area (Å²) in [5, 5.41) is 4.87. The van der Waals surface area contributed by atoms with Crippen LogP contribution in [0, 0.1) is 12.3 Å². The van der Waals surface area contributed by atoms with Gasteiger partial charge in [0.2, 0.25) is 5.91 Å². The summed E-state index contributed by atoms with van der Waals surface area (Å²) < 4.78 is 5.20. The number of benzene rings is 2. The van der Waals surface area contributed by atoms with Gasteiger partial charge in [0.15, 0.2) is 0 Å². The highest BCUT2D eigenvalue weighted by Gasteiger charge is 2.14. The molecule has 3 nitrogen and oxygen atoms in total. The molecule has 0 heterocycles. The Labute approximate surface area is 118 Å². The van der Waals surface area contributed by atoms with Gasteiger partial charge in [-0.2, -0.15) is 0 Å². The molecule has 0 bridgehead atoms. The Bertz CT molecular complexity index is 670. The monoisotopic (exact) mass is 267 g/mol. The van der Waals surface area contributed by atoms with Crippen molar-refractivity contribution in [3.05, 3.63) is 42.0 Å². The second kappa shape index (κ2) is 6.12. The van der Waals surface area contributed by atoms with Crippen LogP contribution in [-0.4, -0.2) is 19.6 Å². The summed E-state index contributed by atoms with van der Waals surface area (Å²) in [5.41, 5.74) is 0.970. The fourth-order valence-electron chi connectivity index (χ4n) is 2.08. The molecule has 0 aliphatic rings. The zero-order valence-corrected chi connectivity index (χ0v) is 11.6. The van der Waals surface area contributed by atoms with Crippen molar-refractivity contribution in [3.63, 3.8) is 0 Å². The van der Waals surface area contributed by atoms with E-state index >= 15 is 0 Å². The van der Waals surface area contributed by atoms with Crippen LogP contribution in [0.5, 0.6) is 5.75 Å². The highest BCUT2D eigenvalue weighted by atomic mass is 16.5. The van der Waals surface area contributed by atoms with Gasteiger partial charge in [-0.3, -0.25) is 4.79 Å². The van der Waals surface area contributed by atoms with Crippen LogP contribution in [0.3, 0.4) is 0 Å². The fraction of sp³-hybridized carbons (Fsp3) is 0.235. The standard InChI is InChI=1S/C17H17NO2/c1-4-9-18-17(19)12(2)13-5-6-15-11-16(20-3)8-7-14(15)10-13/h1,5-8,10-12H,9H2,2-3H3,(H,18,19)/t12-/m1/s1. The molecule has 1 N–H and O–H groups in total. The van der Waals surface area contributed by atoms with E-state index in [2.05, 4.69) is 11.2 Å². The molecule has 0 saturated heterocycles. The topological polar surface area (TPSA) is 38.3 Å². The maximum Gasteiger partial charge on any atom is 0.228 e. The average Bonchev–Trinajstić information content (AvgIpc) is 2.50. The minimum absolute atomic E-state index is 0.0594. The van der Waals surface area contributed by atoms with Crippen LogP contribution >= 0.6 is 0 Å². The zero-order chi connectivity index (χ0) is 14.5. The number of hydrogen-bond donors (Lipinski definition) is 1. The highest BCUT2D eigenvalue weighted by molar-refractivity contribution is 5.88. The molecule has 1 atom stereocenters. The lowest BCUT2D eigenvalue weighted by molar-refractivity contribution is -0.121. The Morgan fingerprint density at radius 3 is 2.70 bits per heavy atom. The third-order valence-electron chi connectivity index (χ3n) is 3.33. The average molecular weight is 267 g/mol. The van der Waals surface area contributed by atoms with Crippen LogP contribution in [0.1, 0.15) is 18.4 Å². The number of carbonyl (C=O) groups is 1. The number of ether oxygens (including phenoxy) is 1. The fourth-order valence-corrected chi connectivity index (χ4v) is 2.08. The normalized spacial score (nSPS) is 11.7. The summed E-state index contributed by atoms with van der Waals surface area (Å²) in [5.74, 6) is 2.94. The summed E-state index contributed by atoms with van der Waals surface area (Å²) in [7, 11) is 1.65. The first kappa shape index (κ1) is 14.0. The van der Waals surface area contributed by atoms with E-state index in [9.17, 15) is 4.79 Å². The largest absolute Gasteiger partial charge is 0.497 e. The number of fused-ring (bicyclic) bond motifs is 1. The molecule has 0 aliphatic heterocycles. The number of methoxy groups -OCH3 is 1. The molecular weight excluding hydrogens is 250 g/mol. The second-order valence-corrected chi connectivity index (χ2v) is 4.62. The van der Waals surface area contributed by atoms with Crippen LogP contribution in [-0.2, 0) is 4.79 Å². The van der Waals surface area contributed by atoms with E-state index in [0.29, 0.717) is 0 Å². The maximum absolute atomic E-state index is 11.9. The molecule has 2 rings (SSSR count). The molecule has 3 heteroatoms. The van der Waals surface area contributed by atoms with Crippen molar-refractivity contribution in [2.45, 2.75) is 12.8 Å². The third-order valence-corrected chi connectivity index (χ3v) is 3.33. The van der Waals surface area contributed by atoms with E-state index in [1.807, 2.05) is 43.3 Å². The van der Waals surface area contributed by atoms with Crippen molar-refractivity contribution < 1.29 is 9.53 Å². The first-order valence-electron chi connectivity index (χ1n) is 6.44. The van der Waals surface area contributed by atoms with Crippen molar-refractivity contribution >= 4 is 16.7 Å². The highest BCUT2D eigenvalue weighted by Crippen LogP contribution is 2.25. The molecule has 0 saturated carbocycles. The number of hydrogen-bond acceptors (Lipinski definition) is 2. The molecule has 20 heavy (non-hydrogen) atoms. The van der Waals surface area contributed by atoms with Gasteiger partial charge >= 0.3 is 0 Å². The smallest absolute Gasteiger partial charge is 0.228 e. The molecule has 1 amide bonds. The van der Waals surface area contributed by atoms with Crippen molar-refractivity contribution in [1.82, 2.24) is 5.32 Å². The predicted octanol–water partition coefficient (Wildman–Crippen LogP) is 2.70. The van der Waals surface area contributed by atoms with Gasteiger partial charge < -0.3 is 10.1 Å². The minimum Gasteiger partial charge on any atom is -0.497 e. The third kappa shape index (κ3) is 2.92. The zero-order valence-electron chi connectivity index (χ0n) is 11.6. The Morgan fingerprint density at radius 2 is 2.00 bits per heavy atom. The Morgan fingerprint density at radius 1 is 1.30 bits per heavy atom. The summed E-state index contributed by atoms with van der Waals surface area (Å²) in [6.45, 7) is 2.13. The summed E-state index contributed by atoms with van der Waals surface area (Å²) >= 11 is 0. The van der Waals surface area contributed by atoms with E-state index in [1.165, 1.54) is 0 Å². The van der Waals surface area contributed by atoms with Gasteiger partial charge in [-0.1, -0.05) is 30.2 Å². The van der Waals surface area contributed by atoms with Crippen LogP contribution in [0.2, 0.25) is 0 Å². The van der Waals surface area contributed by atoms with Gasteiger partial charge in [0.25, 0.3) is 0 Å². The first-order chi connectivity index (χ1) is 9.65. The first-order valence-corrected chi connectivity index (χ1v) is 6.44.